The van der Waals surface area contributed by atoms with Crippen LogP contribution in [0, 0.1) is 17.1 Å². The van der Waals surface area contributed by atoms with Crippen molar-refractivity contribution in [2.75, 3.05) is 36.2 Å². The largest absolute Gasteiger partial charge is 0.486 e. The van der Waals surface area contributed by atoms with Gasteiger partial charge in [-0.15, -0.1) is 0 Å². The molecule has 4 rings (SSSR count). The number of amides is 2. The van der Waals surface area contributed by atoms with E-state index < -0.39 is 17.9 Å². The lowest BCUT2D eigenvalue weighted by Crippen LogP contribution is -2.35. The van der Waals surface area contributed by atoms with Gasteiger partial charge in [0.25, 0.3) is 0 Å². The molecule has 1 aliphatic rings. The Hall–Kier alpha value is -4.27. The van der Waals surface area contributed by atoms with Crippen LogP contribution in [-0.4, -0.2) is 46.9 Å². The summed E-state index contributed by atoms with van der Waals surface area (Å²) in [6.45, 7) is 2.23. The molecule has 12 heteroatoms. The molecule has 1 aliphatic heterocycles. The second-order valence-electron chi connectivity index (χ2n) is 6.62. The van der Waals surface area contributed by atoms with E-state index in [0.717, 1.165) is 0 Å². The predicted octanol–water partition coefficient (Wildman–Crippen LogP) is 2.46. The van der Waals surface area contributed by atoms with Crippen molar-refractivity contribution < 1.29 is 18.7 Å². The summed E-state index contributed by atoms with van der Waals surface area (Å²) >= 11 is 0. The Bertz CT molecular complexity index is 1190. The van der Waals surface area contributed by atoms with E-state index in [1.807, 2.05) is 6.07 Å². The maximum atomic E-state index is 14.0. The van der Waals surface area contributed by atoms with Crippen molar-refractivity contribution in [2.45, 2.75) is 13.0 Å². The summed E-state index contributed by atoms with van der Waals surface area (Å²) in [6.07, 6.45) is 1.44. The van der Waals surface area contributed by atoms with Crippen molar-refractivity contribution in [1.82, 2.24) is 19.9 Å². The lowest BCUT2D eigenvalue weighted by Gasteiger charge is -2.21. The van der Waals surface area contributed by atoms with Gasteiger partial charge in [-0.1, -0.05) is 0 Å². The van der Waals surface area contributed by atoms with Gasteiger partial charge in [0, 0.05) is 25.2 Å². The third-order valence-electron chi connectivity index (χ3n) is 4.39. The minimum Gasteiger partial charge on any atom is -0.486 e. The number of ether oxygens (including phenoxy) is 2. The molecule has 1 atom stereocenters. The number of carbonyl (C=O) groups is 1. The van der Waals surface area contributed by atoms with Gasteiger partial charge in [0.05, 0.1) is 18.0 Å². The molecule has 4 N–H and O–H groups in total. The summed E-state index contributed by atoms with van der Waals surface area (Å²) in [5.41, 5.74) is 1.00. The Balaban J connectivity index is 1.69. The van der Waals surface area contributed by atoms with Gasteiger partial charge in [0.2, 0.25) is 0 Å². The number of rotatable bonds is 5. The molecule has 2 aromatic heterocycles. The van der Waals surface area contributed by atoms with Gasteiger partial charge in [-0.05, 0) is 6.92 Å². The Morgan fingerprint density at radius 2 is 2.10 bits per heavy atom. The first-order chi connectivity index (χ1) is 15.0. The van der Waals surface area contributed by atoms with Crippen molar-refractivity contribution in [3.63, 3.8) is 0 Å². The van der Waals surface area contributed by atoms with Crippen molar-refractivity contribution in [3.05, 3.63) is 30.2 Å². The smallest absolute Gasteiger partial charge is 0.320 e. The highest BCUT2D eigenvalue weighted by Gasteiger charge is 2.20. The molecule has 2 amide bonds. The molecule has 0 spiro atoms. The first kappa shape index (κ1) is 20.0. The number of nitriles is 1. The number of urea groups is 1. The number of hydrogen-bond donors (Lipinski definition) is 4. The van der Waals surface area contributed by atoms with E-state index in [-0.39, 0.29) is 0 Å². The highest BCUT2D eigenvalue weighted by molar-refractivity contribution is 5.93. The number of halogens is 1. The van der Waals surface area contributed by atoms with Gasteiger partial charge < -0.3 is 30.7 Å². The minimum atomic E-state index is -0.665. The zero-order valence-electron chi connectivity index (χ0n) is 16.7. The maximum Gasteiger partial charge on any atom is 0.320 e. The van der Waals surface area contributed by atoms with E-state index in [1.54, 1.807) is 20.0 Å². The van der Waals surface area contributed by atoms with E-state index in [0.29, 0.717) is 53.4 Å². The fraction of sp³-hybridized carbons (Fsp3) is 0.263. The summed E-state index contributed by atoms with van der Waals surface area (Å²) < 4.78 is 26.6. The molecule has 3 aromatic rings. The Morgan fingerprint density at radius 3 is 2.87 bits per heavy atom. The second kappa shape index (κ2) is 8.23. The van der Waals surface area contributed by atoms with Gasteiger partial charge in [-0.25, -0.2) is 14.2 Å². The van der Waals surface area contributed by atoms with Gasteiger partial charge in [0.15, 0.2) is 17.1 Å². The highest BCUT2D eigenvalue weighted by atomic mass is 19.1. The number of nitrogens with zero attached hydrogens (tertiary/aromatic N) is 4. The normalized spacial score (nSPS) is 13.2. The number of benzene rings is 1. The lowest BCUT2D eigenvalue weighted by molar-refractivity contribution is 0.172. The fourth-order valence-electron chi connectivity index (χ4n) is 3.03. The number of fused-ring (bicyclic) bond motifs is 2. The molecule has 160 valence electrons. The van der Waals surface area contributed by atoms with E-state index in [4.69, 9.17) is 14.7 Å². The SMILES string of the molecule is CNc1cc(Nc2cc(F)cc3c2OCCO3)nc2c(NC(=O)NC(C)C#N)cnn12. The topological polar surface area (TPSA) is 138 Å². The molecule has 31 heavy (non-hydrogen) atoms. The first-order valence-electron chi connectivity index (χ1n) is 9.38. The minimum absolute atomic E-state index is 0.304. The molecule has 0 bridgehead atoms. The molecule has 1 aromatic carbocycles. The average Bonchev–Trinajstić information content (AvgIpc) is 3.15. The summed E-state index contributed by atoms with van der Waals surface area (Å²) in [7, 11) is 1.70. The van der Waals surface area contributed by atoms with Crippen molar-refractivity contribution in [1.29, 1.82) is 5.26 Å². The van der Waals surface area contributed by atoms with Gasteiger partial charge in [-0.3, -0.25) is 0 Å². The predicted molar refractivity (Wildman–Crippen MR) is 110 cm³/mol. The van der Waals surface area contributed by atoms with E-state index in [1.165, 1.54) is 22.8 Å². The Kier molecular flexibility index (Phi) is 5.31. The van der Waals surface area contributed by atoms with Crippen molar-refractivity contribution >= 4 is 34.7 Å². The molecule has 11 nitrogen and oxygen atoms in total. The molecule has 0 fully saturated rings. The summed E-state index contributed by atoms with van der Waals surface area (Å²) in [4.78, 5) is 16.6. The maximum absolute atomic E-state index is 14.0. The van der Waals surface area contributed by atoms with E-state index >= 15 is 0 Å². The second-order valence-corrected chi connectivity index (χ2v) is 6.62. The van der Waals surface area contributed by atoms with Crippen LogP contribution < -0.4 is 30.7 Å². The Morgan fingerprint density at radius 1 is 1.29 bits per heavy atom. The molecular weight excluding hydrogens is 407 g/mol. The average molecular weight is 426 g/mol. The molecule has 1 unspecified atom stereocenters. The van der Waals surface area contributed by atoms with Crippen LogP contribution in [0.5, 0.6) is 11.5 Å². The summed E-state index contributed by atoms with van der Waals surface area (Å²) in [5.74, 6) is 1.12. The Labute approximate surface area is 176 Å². The number of hydrogen-bond acceptors (Lipinski definition) is 8. The molecule has 0 radical (unpaired) electrons. The third kappa shape index (κ3) is 4.06. The zero-order valence-corrected chi connectivity index (χ0v) is 16.7. The van der Waals surface area contributed by atoms with Gasteiger partial charge in [-0.2, -0.15) is 14.9 Å². The number of aromatic nitrogens is 3. The van der Waals surface area contributed by atoms with Crippen LogP contribution in [0.15, 0.2) is 24.4 Å². The van der Waals surface area contributed by atoms with Crippen LogP contribution in [0.4, 0.5) is 32.2 Å². The quantitative estimate of drug-likeness (QED) is 0.488. The fourth-order valence-corrected chi connectivity index (χ4v) is 3.03. The van der Waals surface area contributed by atoms with Crippen LogP contribution in [0.2, 0.25) is 0 Å². The molecule has 3 heterocycles. The number of carbonyl (C=O) groups excluding carboxylic acids is 1. The van der Waals surface area contributed by atoms with E-state index in [9.17, 15) is 9.18 Å². The third-order valence-corrected chi connectivity index (χ3v) is 4.39. The van der Waals surface area contributed by atoms with Gasteiger partial charge >= 0.3 is 6.03 Å². The van der Waals surface area contributed by atoms with Crippen molar-refractivity contribution in [2.24, 2.45) is 0 Å². The first-order valence-corrected chi connectivity index (χ1v) is 9.38. The molecular formula is C19H19FN8O3. The van der Waals surface area contributed by atoms with Crippen LogP contribution in [0.25, 0.3) is 5.65 Å². The molecule has 0 saturated carbocycles. The standard InChI is InChI=1S/C19H19FN8O3/c1-10(8-21)24-19(29)26-13-9-23-28-16(22-2)7-15(27-18(13)28)25-12-5-11(20)6-14-17(12)31-4-3-30-14/h5-7,9-10,22H,3-4H2,1-2H3,(H,25,27)(H2,24,26,29). The van der Waals surface area contributed by atoms with Crippen LogP contribution in [0.1, 0.15) is 6.92 Å². The van der Waals surface area contributed by atoms with Crippen LogP contribution >= 0.6 is 0 Å². The zero-order chi connectivity index (χ0) is 22.0. The summed E-state index contributed by atoms with van der Waals surface area (Å²) in [5, 5.41) is 24.2. The number of nitrogens with one attached hydrogen (secondary N) is 4. The molecule has 0 saturated heterocycles. The highest BCUT2D eigenvalue weighted by Crippen LogP contribution is 2.40. The van der Waals surface area contributed by atoms with Gasteiger partial charge in [0.1, 0.15) is 42.4 Å². The summed E-state index contributed by atoms with van der Waals surface area (Å²) in [6, 6.07) is 4.89. The van der Waals surface area contributed by atoms with Crippen LogP contribution in [-0.2, 0) is 0 Å². The number of anilines is 4. The van der Waals surface area contributed by atoms with E-state index in [2.05, 4.69) is 31.3 Å². The lowest BCUT2D eigenvalue weighted by atomic mass is 10.2. The molecule has 0 aliphatic carbocycles. The van der Waals surface area contributed by atoms with Crippen LogP contribution in [0.3, 0.4) is 0 Å². The van der Waals surface area contributed by atoms with Crippen molar-refractivity contribution in [3.8, 4) is 17.6 Å². The monoisotopic (exact) mass is 426 g/mol.